The van der Waals surface area contributed by atoms with E-state index in [9.17, 15) is 9.59 Å². The van der Waals surface area contributed by atoms with Crippen molar-refractivity contribution in [1.29, 1.82) is 0 Å². The first-order valence-electron chi connectivity index (χ1n) is 9.59. The fourth-order valence-electron chi connectivity index (χ4n) is 2.70. The summed E-state index contributed by atoms with van der Waals surface area (Å²) in [6, 6.07) is 0. The summed E-state index contributed by atoms with van der Waals surface area (Å²) in [5.74, 6) is -0.284. The normalized spacial score (nSPS) is 11.1. The molecule has 0 aliphatic heterocycles. The van der Waals surface area contributed by atoms with Gasteiger partial charge in [0.05, 0.1) is 0 Å². The van der Waals surface area contributed by atoms with Gasteiger partial charge in [-0.2, -0.15) is 0 Å². The Hall–Kier alpha value is -0.860. The molecule has 0 aromatic rings. The van der Waals surface area contributed by atoms with Crippen LogP contribution in [0.25, 0.3) is 0 Å². The van der Waals surface area contributed by atoms with E-state index in [1.165, 1.54) is 57.8 Å². The molecule has 0 bridgehead atoms. The standard InChI is InChI=1S/C20H38O3.CH4/c1-20(2,3)18(21)16-14-12-10-8-6-4-5-7-9-11-13-15-17-19(22)23;/h4-17H2,1-3H3,(H,22,23);1H4. The molecule has 144 valence electrons. The zero-order valence-corrected chi connectivity index (χ0v) is 15.7. The van der Waals surface area contributed by atoms with Crippen LogP contribution >= 0.6 is 0 Å². The van der Waals surface area contributed by atoms with Gasteiger partial charge in [-0.05, 0) is 12.8 Å². The van der Waals surface area contributed by atoms with Gasteiger partial charge in [0.15, 0.2) is 0 Å². The number of hydrogen-bond acceptors (Lipinski definition) is 2. The van der Waals surface area contributed by atoms with Crippen LogP contribution in [-0.2, 0) is 9.59 Å². The van der Waals surface area contributed by atoms with Crippen molar-refractivity contribution in [3.05, 3.63) is 0 Å². The van der Waals surface area contributed by atoms with Crippen LogP contribution in [0.5, 0.6) is 0 Å². The van der Waals surface area contributed by atoms with Gasteiger partial charge in [-0.25, -0.2) is 0 Å². The lowest BCUT2D eigenvalue weighted by molar-refractivity contribution is -0.137. The average Bonchev–Trinajstić information content (AvgIpc) is 2.46. The molecular formula is C21H42O3. The summed E-state index contributed by atoms with van der Waals surface area (Å²) < 4.78 is 0. The van der Waals surface area contributed by atoms with Gasteiger partial charge in [-0.3, -0.25) is 9.59 Å². The van der Waals surface area contributed by atoms with Crippen LogP contribution in [0.15, 0.2) is 0 Å². The summed E-state index contributed by atoms with van der Waals surface area (Å²) in [5.41, 5.74) is -0.173. The Morgan fingerprint density at radius 3 is 1.21 bits per heavy atom. The van der Waals surface area contributed by atoms with E-state index < -0.39 is 5.97 Å². The van der Waals surface area contributed by atoms with Crippen LogP contribution < -0.4 is 0 Å². The predicted molar refractivity (Wildman–Crippen MR) is 103 cm³/mol. The molecule has 0 saturated heterocycles. The molecule has 3 heteroatoms. The molecule has 0 fully saturated rings. The number of unbranched alkanes of at least 4 members (excludes halogenated alkanes) is 11. The molecule has 0 unspecified atom stereocenters. The van der Waals surface area contributed by atoms with Crippen molar-refractivity contribution in [2.45, 2.75) is 118 Å². The number of Topliss-reactive ketones (excluding diaryl/α,β-unsaturated/α-hetero) is 1. The summed E-state index contributed by atoms with van der Waals surface area (Å²) in [4.78, 5) is 22.1. The molecule has 0 rings (SSSR count). The van der Waals surface area contributed by atoms with Crippen LogP contribution in [-0.4, -0.2) is 16.9 Å². The van der Waals surface area contributed by atoms with E-state index in [-0.39, 0.29) is 12.8 Å². The zero-order chi connectivity index (χ0) is 17.6. The number of carboxylic acids is 1. The van der Waals surface area contributed by atoms with Crippen LogP contribution in [0.4, 0.5) is 0 Å². The van der Waals surface area contributed by atoms with E-state index in [0.29, 0.717) is 12.2 Å². The SMILES string of the molecule is C.CC(C)(C)C(=O)CCCCCCCCCCCCCCC(=O)O. The van der Waals surface area contributed by atoms with Gasteiger partial charge in [0.2, 0.25) is 0 Å². The van der Waals surface area contributed by atoms with E-state index in [0.717, 1.165) is 25.7 Å². The van der Waals surface area contributed by atoms with Gasteiger partial charge >= 0.3 is 5.97 Å². The quantitative estimate of drug-likeness (QED) is 0.333. The Morgan fingerprint density at radius 1 is 0.625 bits per heavy atom. The van der Waals surface area contributed by atoms with Crippen molar-refractivity contribution < 1.29 is 14.7 Å². The Kier molecular flexibility index (Phi) is 16.6. The molecule has 0 heterocycles. The molecule has 0 saturated carbocycles. The molecule has 0 aliphatic carbocycles. The number of hydrogen-bond donors (Lipinski definition) is 1. The molecule has 0 aromatic carbocycles. The van der Waals surface area contributed by atoms with Crippen LogP contribution in [0.2, 0.25) is 0 Å². The highest BCUT2D eigenvalue weighted by atomic mass is 16.4. The third kappa shape index (κ3) is 17.5. The van der Waals surface area contributed by atoms with Crippen LogP contribution in [0, 0.1) is 5.41 Å². The van der Waals surface area contributed by atoms with Gasteiger partial charge < -0.3 is 5.11 Å². The number of carbonyl (C=O) groups is 2. The summed E-state index contributed by atoms with van der Waals surface area (Å²) in [5, 5.41) is 8.54. The lowest BCUT2D eigenvalue weighted by Gasteiger charge is -2.16. The second kappa shape index (κ2) is 15.7. The van der Waals surface area contributed by atoms with Gasteiger partial charge in [-0.15, -0.1) is 0 Å². The van der Waals surface area contributed by atoms with E-state index in [2.05, 4.69) is 0 Å². The van der Waals surface area contributed by atoms with Crippen molar-refractivity contribution in [3.8, 4) is 0 Å². The molecule has 0 radical (unpaired) electrons. The first-order chi connectivity index (χ1) is 10.8. The highest BCUT2D eigenvalue weighted by Gasteiger charge is 2.19. The third-order valence-electron chi connectivity index (χ3n) is 4.38. The van der Waals surface area contributed by atoms with Crippen molar-refractivity contribution in [2.24, 2.45) is 5.41 Å². The minimum Gasteiger partial charge on any atom is -0.481 e. The van der Waals surface area contributed by atoms with Gasteiger partial charge in [0.25, 0.3) is 0 Å². The summed E-state index contributed by atoms with van der Waals surface area (Å²) >= 11 is 0. The molecule has 0 amide bonds. The van der Waals surface area contributed by atoms with Crippen molar-refractivity contribution >= 4 is 11.8 Å². The number of carboxylic acid groups (broad SMARTS) is 1. The molecule has 3 nitrogen and oxygen atoms in total. The molecule has 1 N–H and O–H groups in total. The maximum atomic E-state index is 11.8. The van der Waals surface area contributed by atoms with Gasteiger partial charge in [0.1, 0.15) is 5.78 Å². The smallest absolute Gasteiger partial charge is 0.303 e. The van der Waals surface area contributed by atoms with Gasteiger partial charge in [0, 0.05) is 18.3 Å². The average molecular weight is 343 g/mol. The lowest BCUT2D eigenvalue weighted by atomic mass is 9.88. The molecule has 0 aromatic heterocycles. The summed E-state index contributed by atoms with van der Waals surface area (Å²) in [7, 11) is 0. The van der Waals surface area contributed by atoms with E-state index in [1.54, 1.807) is 0 Å². The van der Waals surface area contributed by atoms with Crippen molar-refractivity contribution in [2.75, 3.05) is 0 Å². The number of carbonyl (C=O) groups excluding carboxylic acids is 1. The zero-order valence-electron chi connectivity index (χ0n) is 15.7. The molecule has 0 atom stereocenters. The molecule has 0 aliphatic rings. The van der Waals surface area contributed by atoms with E-state index in [4.69, 9.17) is 5.11 Å². The maximum absolute atomic E-state index is 11.8. The second-order valence-electron chi connectivity index (χ2n) is 7.81. The number of aliphatic carboxylic acids is 1. The maximum Gasteiger partial charge on any atom is 0.303 e. The van der Waals surface area contributed by atoms with Crippen molar-refractivity contribution in [3.63, 3.8) is 0 Å². The highest BCUT2D eigenvalue weighted by Crippen LogP contribution is 2.19. The Morgan fingerprint density at radius 2 is 0.917 bits per heavy atom. The Labute approximate surface area is 150 Å². The fraction of sp³-hybridized carbons (Fsp3) is 0.905. The topological polar surface area (TPSA) is 54.4 Å². The first-order valence-corrected chi connectivity index (χ1v) is 9.59. The fourth-order valence-corrected chi connectivity index (χ4v) is 2.70. The Balaban J connectivity index is 0. The number of rotatable bonds is 15. The second-order valence-corrected chi connectivity index (χ2v) is 7.81. The van der Waals surface area contributed by atoms with Crippen LogP contribution in [0.1, 0.15) is 118 Å². The first kappa shape index (κ1) is 25.4. The largest absolute Gasteiger partial charge is 0.481 e. The molecule has 24 heavy (non-hydrogen) atoms. The summed E-state index contributed by atoms with van der Waals surface area (Å²) in [6.45, 7) is 6.00. The monoisotopic (exact) mass is 342 g/mol. The van der Waals surface area contributed by atoms with Crippen LogP contribution in [0.3, 0.4) is 0 Å². The predicted octanol–water partition coefficient (Wildman–Crippen LogP) is 6.78. The minimum absolute atomic E-state index is 0. The van der Waals surface area contributed by atoms with Gasteiger partial charge in [-0.1, -0.05) is 92.4 Å². The number of ketones is 1. The molecular weight excluding hydrogens is 300 g/mol. The van der Waals surface area contributed by atoms with E-state index >= 15 is 0 Å². The highest BCUT2D eigenvalue weighted by molar-refractivity contribution is 5.83. The Bertz CT molecular complexity index is 316. The third-order valence-corrected chi connectivity index (χ3v) is 4.38. The summed E-state index contributed by atoms with van der Waals surface area (Å²) in [6.07, 6.45) is 15.4. The van der Waals surface area contributed by atoms with Crippen molar-refractivity contribution in [1.82, 2.24) is 0 Å². The van der Waals surface area contributed by atoms with E-state index in [1.807, 2.05) is 20.8 Å². The molecule has 0 spiro atoms. The lowest BCUT2D eigenvalue weighted by Crippen LogP contribution is -2.19. The minimum atomic E-state index is -0.673.